The molecule has 1 nitrogen and oxygen atoms in total. The van der Waals surface area contributed by atoms with Gasteiger partial charge in [-0.05, 0) is 23.5 Å². The Kier molecular flexibility index (Phi) is 2.77. The van der Waals surface area contributed by atoms with Gasteiger partial charge in [-0.15, -0.1) is 0 Å². The number of aryl methyl sites for hydroxylation is 1. The van der Waals surface area contributed by atoms with Crippen LogP contribution in [0.3, 0.4) is 0 Å². The standard InChI is InChI=1S/C12H19N/c1-9-7-5-6-8-10(9)11(13)12(2,3)4/h5-8,11H,13H2,1-4H3/t11-/m1/s1. The molecular weight excluding hydrogens is 158 g/mol. The van der Waals surface area contributed by atoms with Crippen molar-refractivity contribution >= 4 is 0 Å². The van der Waals surface area contributed by atoms with Gasteiger partial charge in [0.25, 0.3) is 0 Å². The van der Waals surface area contributed by atoms with Crippen LogP contribution in [0.1, 0.15) is 37.9 Å². The lowest BCUT2D eigenvalue weighted by Gasteiger charge is -2.28. The maximum atomic E-state index is 6.17. The fraction of sp³-hybridized carbons (Fsp3) is 0.500. The zero-order chi connectivity index (χ0) is 10.1. The Hall–Kier alpha value is -0.820. The fourth-order valence-electron chi connectivity index (χ4n) is 1.40. The number of hydrogen-bond donors (Lipinski definition) is 1. The summed E-state index contributed by atoms with van der Waals surface area (Å²) in [6.07, 6.45) is 0. The van der Waals surface area contributed by atoms with Crippen molar-refractivity contribution in [3.63, 3.8) is 0 Å². The van der Waals surface area contributed by atoms with Gasteiger partial charge in [0.15, 0.2) is 0 Å². The van der Waals surface area contributed by atoms with Gasteiger partial charge in [-0.1, -0.05) is 45.0 Å². The average Bonchev–Trinajstić information content (AvgIpc) is 2.02. The summed E-state index contributed by atoms with van der Waals surface area (Å²) in [5.41, 5.74) is 8.85. The molecule has 0 bridgehead atoms. The molecule has 0 saturated carbocycles. The van der Waals surface area contributed by atoms with Crippen LogP contribution in [0.15, 0.2) is 24.3 Å². The Morgan fingerprint density at radius 1 is 1.15 bits per heavy atom. The van der Waals surface area contributed by atoms with E-state index < -0.39 is 0 Å². The van der Waals surface area contributed by atoms with Crippen molar-refractivity contribution in [1.29, 1.82) is 0 Å². The number of benzene rings is 1. The Labute approximate surface area is 81.0 Å². The highest BCUT2D eigenvalue weighted by Gasteiger charge is 2.22. The van der Waals surface area contributed by atoms with Crippen LogP contribution in [0.25, 0.3) is 0 Å². The third-order valence-corrected chi connectivity index (χ3v) is 2.46. The molecule has 1 aromatic carbocycles. The van der Waals surface area contributed by atoms with Crippen LogP contribution in [0.4, 0.5) is 0 Å². The largest absolute Gasteiger partial charge is 0.324 e. The summed E-state index contributed by atoms with van der Waals surface area (Å²) in [5.74, 6) is 0. The lowest BCUT2D eigenvalue weighted by atomic mass is 9.81. The van der Waals surface area contributed by atoms with Gasteiger partial charge in [-0.2, -0.15) is 0 Å². The van der Waals surface area contributed by atoms with Crippen molar-refractivity contribution in [1.82, 2.24) is 0 Å². The van der Waals surface area contributed by atoms with E-state index in [1.807, 2.05) is 12.1 Å². The second kappa shape index (κ2) is 3.51. The van der Waals surface area contributed by atoms with E-state index in [-0.39, 0.29) is 11.5 Å². The van der Waals surface area contributed by atoms with Crippen LogP contribution in [-0.4, -0.2) is 0 Å². The molecule has 72 valence electrons. The van der Waals surface area contributed by atoms with Gasteiger partial charge in [0.2, 0.25) is 0 Å². The van der Waals surface area contributed by atoms with E-state index in [9.17, 15) is 0 Å². The molecule has 0 spiro atoms. The van der Waals surface area contributed by atoms with E-state index in [4.69, 9.17) is 5.73 Å². The molecule has 1 atom stereocenters. The minimum atomic E-state index is 0.119. The molecule has 1 heteroatoms. The molecule has 1 rings (SSSR count). The Bertz CT molecular complexity index is 283. The van der Waals surface area contributed by atoms with Crippen molar-refractivity contribution in [2.24, 2.45) is 11.1 Å². The van der Waals surface area contributed by atoms with Crippen LogP contribution in [-0.2, 0) is 0 Å². The first-order chi connectivity index (χ1) is 5.93. The monoisotopic (exact) mass is 177 g/mol. The van der Waals surface area contributed by atoms with E-state index in [0.717, 1.165) is 0 Å². The topological polar surface area (TPSA) is 26.0 Å². The second-order valence-electron chi connectivity index (χ2n) is 4.70. The summed E-state index contributed by atoms with van der Waals surface area (Å²) in [6.45, 7) is 8.62. The van der Waals surface area contributed by atoms with Gasteiger partial charge in [0, 0.05) is 6.04 Å². The highest BCUT2D eigenvalue weighted by molar-refractivity contribution is 5.29. The number of rotatable bonds is 1. The number of hydrogen-bond acceptors (Lipinski definition) is 1. The zero-order valence-corrected chi connectivity index (χ0v) is 8.96. The predicted molar refractivity (Wildman–Crippen MR) is 57.6 cm³/mol. The molecule has 0 aliphatic heterocycles. The zero-order valence-electron chi connectivity index (χ0n) is 8.96. The van der Waals surface area contributed by atoms with E-state index in [1.54, 1.807) is 0 Å². The van der Waals surface area contributed by atoms with Gasteiger partial charge in [0.1, 0.15) is 0 Å². The molecule has 0 heterocycles. The lowest BCUT2D eigenvalue weighted by Crippen LogP contribution is -2.26. The molecular formula is C12H19N. The van der Waals surface area contributed by atoms with Gasteiger partial charge >= 0.3 is 0 Å². The fourth-order valence-corrected chi connectivity index (χ4v) is 1.40. The van der Waals surface area contributed by atoms with E-state index in [2.05, 4.69) is 39.8 Å². The molecule has 0 amide bonds. The summed E-state index contributed by atoms with van der Waals surface area (Å²) < 4.78 is 0. The molecule has 0 radical (unpaired) electrons. The Balaban J connectivity index is 3.02. The number of nitrogens with two attached hydrogens (primary N) is 1. The maximum Gasteiger partial charge on any atom is 0.0346 e. The summed E-state index contributed by atoms with van der Waals surface area (Å²) in [6, 6.07) is 8.45. The van der Waals surface area contributed by atoms with Crippen molar-refractivity contribution in [3.8, 4) is 0 Å². The van der Waals surface area contributed by atoms with E-state index in [1.165, 1.54) is 11.1 Å². The third kappa shape index (κ3) is 2.31. The molecule has 2 N–H and O–H groups in total. The maximum absolute atomic E-state index is 6.17. The molecule has 0 fully saturated rings. The quantitative estimate of drug-likeness (QED) is 0.701. The van der Waals surface area contributed by atoms with E-state index >= 15 is 0 Å². The van der Waals surface area contributed by atoms with Crippen molar-refractivity contribution < 1.29 is 0 Å². The summed E-state index contributed by atoms with van der Waals surface area (Å²) >= 11 is 0. The SMILES string of the molecule is Cc1ccccc1[C@@H](N)C(C)(C)C. The summed E-state index contributed by atoms with van der Waals surface area (Å²) in [7, 11) is 0. The summed E-state index contributed by atoms with van der Waals surface area (Å²) in [4.78, 5) is 0. The molecule has 1 aromatic rings. The predicted octanol–water partition coefficient (Wildman–Crippen LogP) is 3.04. The normalized spacial score (nSPS) is 14.2. The average molecular weight is 177 g/mol. The smallest absolute Gasteiger partial charge is 0.0346 e. The highest BCUT2D eigenvalue weighted by Crippen LogP contribution is 2.31. The molecule has 0 unspecified atom stereocenters. The van der Waals surface area contributed by atoms with Crippen molar-refractivity contribution in [3.05, 3.63) is 35.4 Å². The molecule has 0 aliphatic carbocycles. The van der Waals surface area contributed by atoms with Crippen LogP contribution >= 0.6 is 0 Å². The molecule has 0 aromatic heterocycles. The van der Waals surface area contributed by atoms with Crippen LogP contribution in [0.5, 0.6) is 0 Å². The first kappa shape index (κ1) is 10.3. The van der Waals surface area contributed by atoms with Gasteiger partial charge in [-0.3, -0.25) is 0 Å². The third-order valence-electron chi connectivity index (χ3n) is 2.46. The highest BCUT2D eigenvalue weighted by atomic mass is 14.7. The van der Waals surface area contributed by atoms with Crippen molar-refractivity contribution in [2.45, 2.75) is 33.7 Å². The Morgan fingerprint density at radius 2 is 1.69 bits per heavy atom. The van der Waals surface area contributed by atoms with Crippen LogP contribution in [0, 0.1) is 12.3 Å². The van der Waals surface area contributed by atoms with Crippen molar-refractivity contribution in [2.75, 3.05) is 0 Å². The minimum absolute atomic E-state index is 0.119. The second-order valence-corrected chi connectivity index (χ2v) is 4.70. The first-order valence-electron chi connectivity index (χ1n) is 4.74. The first-order valence-corrected chi connectivity index (χ1v) is 4.74. The van der Waals surface area contributed by atoms with Crippen LogP contribution in [0.2, 0.25) is 0 Å². The molecule has 0 saturated heterocycles. The Morgan fingerprint density at radius 3 is 2.15 bits per heavy atom. The molecule has 13 heavy (non-hydrogen) atoms. The minimum Gasteiger partial charge on any atom is -0.324 e. The van der Waals surface area contributed by atoms with Crippen LogP contribution < -0.4 is 5.73 Å². The lowest BCUT2D eigenvalue weighted by molar-refractivity contribution is 0.326. The van der Waals surface area contributed by atoms with Gasteiger partial charge < -0.3 is 5.73 Å². The summed E-state index contributed by atoms with van der Waals surface area (Å²) in [5, 5.41) is 0. The van der Waals surface area contributed by atoms with E-state index in [0.29, 0.717) is 0 Å². The van der Waals surface area contributed by atoms with Gasteiger partial charge in [-0.25, -0.2) is 0 Å². The van der Waals surface area contributed by atoms with Gasteiger partial charge in [0.05, 0.1) is 0 Å². The molecule has 0 aliphatic rings.